The van der Waals surface area contributed by atoms with Crippen LogP contribution in [0.25, 0.3) is 0 Å². The molecule has 0 fully saturated rings. The summed E-state index contributed by atoms with van der Waals surface area (Å²) in [5.74, 6) is 0.749. The summed E-state index contributed by atoms with van der Waals surface area (Å²) in [6.07, 6.45) is 0.248. The summed E-state index contributed by atoms with van der Waals surface area (Å²) < 4.78 is 5.65. The molecule has 2 rings (SSSR count). The van der Waals surface area contributed by atoms with Crippen LogP contribution < -0.4 is 4.74 Å². The molecular weight excluding hydrogens is 273 g/mol. The van der Waals surface area contributed by atoms with Gasteiger partial charge in [0.05, 0.1) is 5.45 Å². The highest BCUT2D eigenvalue weighted by Crippen LogP contribution is 2.27. The average molecular weight is 289 g/mol. The second-order valence-electron chi connectivity index (χ2n) is 4.33. The summed E-state index contributed by atoms with van der Waals surface area (Å²) in [4.78, 5) is 17.8. The summed E-state index contributed by atoms with van der Waals surface area (Å²) in [5.41, 5.74) is 1.90. The fraction of sp³-hybridized carbons (Fsp3) is 0.133. The third kappa shape index (κ3) is 4.42. The van der Waals surface area contributed by atoms with Gasteiger partial charge in [-0.2, -0.15) is 0 Å². The van der Waals surface area contributed by atoms with Gasteiger partial charge in [-0.3, -0.25) is 5.41 Å². The summed E-state index contributed by atoms with van der Waals surface area (Å²) >= 11 is 0. The lowest BCUT2D eigenvalue weighted by Gasteiger charge is -2.08. The van der Waals surface area contributed by atoms with E-state index in [2.05, 4.69) is 0 Å². The van der Waals surface area contributed by atoms with Crippen molar-refractivity contribution < 1.29 is 14.5 Å². The van der Waals surface area contributed by atoms with Crippen molar-refractivity contribution in [2.45, 2.75) is 13.0 Å². The van der Waals surface area contributed by atoms with Crippen LogP contribution in [0.2, 0.25) is 0 Å². The van der Waals surface area contributed by atoms with E-state index in [0.29, 0.717) is 6.61 Å². The lowest BCUT2D eigenvalue weighted by atomic mass is 10.1. The van der Waals surface area contributed by atoms with E-state index in [4.69, 9.17) is 19.9 Å². The summed E-state index contributed by atoms with van der Waals surface area (Å²) in [6, 6.07) is 17.2. The Morgan fingerprint density at radius 1 is 0.950 bits per heavy atom. The summed E-state index contributed by atoms with van der Waals surface area (Å²) in [5, 5.41) is 7.43. The first-order valence-corrected chi connectivity index (χ1v) is 7.41. The van der Waals surface area contributed by atoms with Gasteiger partial charge >= 0.3 is 0 Å². The predicted molar refractivity (Wildman–Crippen MR) is 80.0 cm³/mol. The van der Waals surface area contributed by atoms with E-state index in [1.807, 2.05) is 54.6 Å². The average Bonchev–Trinajstić information content (AvgIpc) is 2.47. The fourth-order valence-electron chi connectivity index (χ4n) is 1.71. The van der Waals surface area contributed by atoms with Crippen LogP contribution in [0.1, 0.15) is 11.1 Å². The molecule has 104 valence electrons. The highest BCUT2D eigenvalue weighted by molar-refractivity contribution is 7.64. The lowest BCUT2D eigenvalue weighted by Crippen LogP contribution is -1.99. The molecule has 3 N–H and O–H groups in total. The Bertz CT molecular complexity index is 555. The molecule has 0 heterocycles. The fourth-order valence-corrected chi connectivity index (χ4v) is 2.03. The Kier molecular flexibility index (Phi) is 5.24. The number of nitrogens with one attached hydrogen (secondary N) is 1. The van der Waals surface area contributed by atoms with Crippen molar-refractivity contribution in [3.05, 3.63) is 65.7 Å². The number of ether oxygens (including phenoxy) is 1. The van der Waals surface area contributed by atoms with Gasteiger partial charge in [-0.1, -0.05) is 42.5 Å². The van der Waals surface area contributed by atoms with Gasteiger partial charge in [-0.25, -0.2) is 0 Å². The maximum absolute atomic E-state index is 8.92. The molecular formula is C15H16NO3P. The number of hydrogen-bond acceptors (Lipinski definition) is 4. The van der Waals surface area contributed by atoms with Crippen LogP contribution in [0.15, 0.2) is 54.6 Å². The summed E-state index contributed by atoms with van der Waals surface area (Å²) in [6.45, 7) is 0.509. The van der Waals surface area contributed by atoms with Crippen LogP contribution in [-0.2, 0) is 13.0 Å². The Balaban J connectivity index is 1.90. The quantitative estimate of drug-likeness (QED) is 0.565. The van der Waals surface area contributed by atoms with E-state index in [-0.39, 0.29) is 11.9 Å². The Hall–Kier alpha value is -1.74. The van der Waals surface area contributed by atoms with Crippen molar-refractivity contribution in [1.29, 1.82) is 5.41 Å². The van der Waals surface area contributed by atoms with Crippen molar-refractivity contribution in [2.24, 2.45) is 0 Å². The van der Waals surface area contributed by atoms with Gasteiger partial charge in [0.25, 0.3) is 0 Å². The van der Waals surface area contributed by atoms with Gasteiger partial charge in [0, 0.05) is 6.42 Å². The van der Waals surface area contributed by atoms with E-state index in [1.165, 1.54) is 0 Å². The topological polar surface area (TPSA) is 73.5 Å². The molecule has 0 aliphatic carbocycles. The molecule has 0 saturated carbocycles. The molecule has 0 saturated heterocycles. The van der Waals surface area contributed by atoms with Gasteiger partial charge in [-0.15, -0.1) is 0 Å². The third-order valence-electron chi connectivity index (χ3n) is 2.78. The smallest absolute Gasteiger partial charge is 0.214 e. The van der Waals surface area contributed by atoms with Crippen molar-refractivity contribution in [1.82, 2.24) is 0 Å². The number of hydrogen-bond donors (Lipinski definition) is 3. The van der Waals surface area contributed by atoms with Gasteiger partial charge in [-0.05, 0) is 23.3 Å². The zero-order valence-electron chi connectivity index (χ0n) is 10.9. The molecule has 0 aliphatic rings. The first-order valence-electron chi connectivity index (χ1n) is 6.16. The molecule has 0 amide bonds. The van der Waals surface area contributed by atoms with E-state index in [1.54, 1.807) is 0 Å². The molecule has 2 aromatic carbocycles. The molecule has 4 nitrogen and oxygen atoms in total. The van der Waals surface area contributed by atoms with Gasteiger partial charge in [0.1, 0.15) is 12.4 Å². The third-order valence-corrected chi connectivity index (χ3v) is 3.43. The second kappa shape index (κ2) is 7.15. The minimum Gasteiger partial charge on any atom is -0.489 e. The standard InChI is InChI=1S/C15H16NO3P/c16-15(20(17)18)10-12-6-8-14(9-7-12)19-11-13-4-2-1-3-5-13/h1-9,16-18H,10-11H2. The van der Waals surface area contributed by atoms with Crippen LogP contribution in [0.5, 0.6) is 5.75 Å². The van der Waals surface area contributed by atoms with Crippen LogP contribution >= 0.6 is 8.38 Å². The molecule has 0 atom stereocenters. The van der Waals surface area contributed by atoms with Crippen LogP contribution in [0.4, 0.5) is 0 Å². The molecule has 0 aromatic heterocycles. The normalized spacial score (nSPS) is 10.6. The highest BCUT2D eigenvalue weighted by Gasteiger charge is 2.08. The molecule has 0 aliphatic heterocycles. The molecule has 0 spiro atoms. The van der Waals surface area contributed by atoms with E-state index in [9.17, 15) is 0 Å². The Labute approximate surface area is 119 Å². The Morgan fingerprint density at radius 3 is 2.20 bits per heavy atom. The minimum atomic E-state index is -2.28. The Morgan fingerprint density at radius 2 is 1.60 bits per heavy atom. The van der Waals surface area contributed by atoms with Crippen LogP contribution in [0, 0.1) is 5.41 Å². The van der Waals surface area contributed by atoms with Crippen LogP contribution in [-0.4, -0.2) is 15.2 Å². The number of benzene rings is 2. The second-order valence-corrected chi connectivity index (χ2v) is 5.45. The minimum absolute atomic E-state index is 0.0575. The van der Waals surface area contributed by atoms with Crippen molar-refractivity contribution >= 4 is 13.8 Å². The number of rotatable bonds is 6. The maximum Gasteiger partial charge on any atom is 0.214 e. The van der Waals surface area contributed by atoms with Gasteiger partial charge in [0.15, 0.2) is 0 Å². The summed E-state index contributed by atoms with van der Waals surface area (Å²) in [7, 11) is -2.28. The van der Waals surface area contributed by atoms with Gasteiger partial charge in [0.2, 0.25) is 8.38 Å². The van der Waals surface area contributed by atoms with E-state index >= 15 is 0 Å². The largest absolute Gasteiger partial charge is 0.489 e. The zero-order chi connectivity index (χ0) is 14.4. The molecule has 2 aromatic rings. The maximum atomic E-state index is 8.92. The van der Waals surface area contributed by atoms with Crippen molar-refractivity contribution in [3.63, 3.8) is 0 Å². The van der Waals surface area contributed by atoms with Crippen molar-refractivity contribution in [2.75, 3.05) is 0 Å². The first-order chi connectivity index (χ1) is 9.65. The van der Waals surface area contributed by atoms with E-state index < -0.39 is 8.38 Å². The van der Waals surface area contributed by atoms with Crippen molar-refractivity contribution in [3.8, 4) is 5.75 Å². The molecule has 0 radical (unpaired) electrons. The highest BCUT2D eigenvalue weighted by atomic mass is 31.2. The lowest BCUT2D eigenvalue weighted by molar-refractivity contribution is 0.306. The zero-order valence-corrected chi connectivity index (χ0v) is 11.8. The van der Waals surface area contributed by atoms with Gasteiger partial charge < -0.3 is 14.5 Å². The first kappa shape index (κ1) is 14.7. The monoisotopic (exact) mass is 289 g/mol. The van der Waals surface area contributed by atoms with E-state index in [0.717, 1.165) is 16.9 Å². The SMILES string of the molecule is N=C(Cc1ccc(OCc2ccccc2)cc1)P(O)O. The molecule has 5 heteroatoms. The van der Waals surface area contributed by atoms with Crippen LogP contribution in [0.3, 0.4) is 0 Å². The molecule has 20 heavy (non-hydrogen) atoms. The predicted octanol–water partition coefficient (Wildman–Crippen LogP) is 3.08. The molecule has 0 bridgehead atoms. The molecule has 0 unspecified atom stereocenters.